The maximum atomic E-state index is 12.4. The van der Waals surface area contributed by atoms with Gasteiger partial charge in [-0.25, -0.2) is 0 Å². The molecule has 2 amide bonds. The lowest BCUT2D eigenvalue weighted by Crippen LogP contribution is -2.48. The summed E-state index contributed by atoms with van der Waals surface area (Å²) in [5.41, 5.74) is 5.76. The highest BCUT2D eigenvalue weighted by atomic mass is 16.3. The summed E-state index contributed by atoms with van der Waals surface area (Å²) in [4.78, 5) is 26.4. The van der Waals surface area contributed by atoms with Gasteiger partial charge >= 0.3 is 0 Å². The first-order chi connectivity index (χ1) is 11.2. The summed E-state index contributed by atoms with van der Waals surface area (Å²) in [5.74, 6) is 0.857. The van der Waals surface area contributed by atoms with Gasteiger partial charge < -0.3 is 20.4 Å². The van der Waals surface area contributed by atoms with Crippen LogP contribution in [0.2, 0.25) is 0 Å². The highest BCUT2D eigenvalue weighted by molar-refractivity contribution is 5.91. The van der Waals surface area contributed by atoms with Gasteiger partial charge in [-0.1, -0.05) is 6.42 Å². The average Bonchev–Trinajstić information content (AvgIpc) is 3.26. The molecule has 2 heterocycles. The molecule has 0 radical (unpaired) electrons. The van der Waals surface area contributed by atoms with Crippen LogP contribution in [-0.4, -0.2) is 42.4 Å². The third-order valence-corrected chi connectivity index (χ3v) is 5.16. The second-order valence-corrected chi connectivity index (χ2v) is 6.59. The highest BCUT2D eigenvalue weighted by Crippen LogP contribution is 2.31. The number of nitrogens with one attached hydrogen (secondary N) is 1. The van der Waals surface area contributed by atoms with Crippen molar-refractivity contribution in [3.05, 3.63) is 24.2 Å². The Morgan fingerprint density at radius 2 is 2.04 bits per heavy atom. The zero-order valence-corrected chi connectivity index (χ0v) is 13.4. The molecule has 0 aromatic carbocycles. The summed E-state index contributed by atoms with van der Waals surface area (Å²) < 4.78 is 5.16. The minimum absolute atomic E-state index is 0.0706. The summed E-state index contributed by atoms with van der Waals surface area (Å²) in [6.45, 7) is 1.89. The van der Waals surface area contributed by atoms with Crippen molar-refractivity contribution in [2.24, 2.45) is 17.6 Å². The Hall–Kier alpha value is -1.82. The number of hydrogen-bond donors (Lipinski definition) is 2. The Labute approximate surface area is 136 Å². The fourth-order valence-corrected chi connectivity index (χ4v) is 3.76. The van der Waals surface area contributed by atoms with Gasteiger partial charge in [0.25, 0.3) is 5.91 Å². The largest absolute Gasteiger partial charge is 0.459 e. The van der Waals surface area contributed by atoms with E-state index in [9.17, 15) is 9.59 Å². The molecule has 6 nitrogen and oxygen atoms in total. The summed E-state index contributed by atoms with van der Waals surface area (Å²) in [7, 11) is 0. The Balaban J connectivity index is 1.47. The van der Waals surface area contributed by atoms with Gasteiger partial charge in [0, 0.05) is 25.0 Å². The van der Waals surface area contributed by atoms with Crippen molar-refractivity contribution in [3.8, 4) is 0 Å². The monoisotopic (exact) mass is 319 g/mol. The summed E-state index contributed by atoms with van der Waals surface area (Å²) in [5, 5.41) is 3.16. The van der Waals surface area contributed by atoms with Crippen LogP contribution in [0, 0.1) is 11.8 Å². The Morgan fingerprint density at radius 1 is 1.26 bits per heavy atom. The molecule has 0 unspecified atom stereocenters. The number of nitrogens with two attached hydrogens (primary N) is 1. The van der Waals surface area contributed by atoms with Crippen LogP contribution in [0.1, 0.15) is 42.7 Å². The smallest absolute Gasteiger partial charge is 0.289 e. The molecular weight excluding hydrogens is 294 g/mol. The Bertz CT molecular complexity index is 535. The molecule has 1 aliphatic heterocycles. The second-order valence-electron chi connectivity index (χ2n) is 6.59. The van der Waals surface area contributed by atoms with E-state index in [-0.39, 0.29) is 23.8 Å². The van der Waals surface area contributed by atoms with Gasteiger partial charge in [-0.15, -0.1) is 0 Å². The molecule has 126 valence electrons. The van der Waals surface area contributed by atoms with Crippen LogP contribution in [0.5, 0.6) is 0 Å². The van der Waals surface area contributed by atoms with Gasteiger partial charge in [-0.05, 0) is 50.3 Å². The minimum atomic E-state index is -0.0706. The van der Waals surface area contributed by atoms with Crippen LogP contribution >= 0.6 is 0 Å². The molecule has 1 aromatic heterocycles. The van der Waals surface area contributed by atoms with E-state index in [2.05, 4.69) is 5.32 Å². The quantitative estimate of drug-likeness (QED) is 0.877. The van der Waals surface area contributed by atoms with Crippen molar-refractivity contribution in [3.63, 3.8) is 0 Å². The third kappa shape index (κ3) is 3.58. The van der Waals surface area contributed by atoms with E-state index < -0.39 is 0 Å². The van der Waals surface area contributed by atoms with Crippen molar-refractivity contribution >= 4 is 11.8 Å². The lowest BCUT2D eigenvalue weighted by atomic mass is 9.94. The number of furan rings is 1. The molecular formula is C17H25N3O3. The van der Waals surface area contributed by atoms with Crippen molar-refractivity contribution in [2.45, 2.75) is 38.1 Å². The summed E-state index contributed by atoms with van der Waals surface area (Å²) in [6, 6.07) is 3.56. The molecule has 1 saturated heterocycles. The SMILES string of the molecule is NC[C@H]1CCC[C@H]1C(=O)NC1CCN(C(=O)c2ccco2)CC1. The van der Waals surface area contributed by atoms with Crippen LogP contribution in [0.25, 0.3) is 0 Å². The van der Waals surface area contributed by atoms with Gasteiger partial charge in [0.1, 0.15) is 0 Å². The molecule has 1 aromatic rings. The second kappa shape index (κ2) is 7.17. The molecule has 3 N–H and O–H groups in total. The molecule has 1 saturated carbocycles. The van der Waals surface area contributed by atoms with E-state index in [1.165, 1.54) is 6.26 Å². The van der Waals surface area contributed by atoms with E-state index in [4.69, 9.17) is 10.2 Å². The molecule has 6 heteroatoms. The van der Waals surface area contributed by atoms with E-state index in [1.807, 2.05) is 0 Å². The minimum Gasteiger partial charge on any atom is -0.459 e. The molecule has 0 spiro atoms. The average molecular weight is 319 g/mol. The fraction of sp³-hybridized carbons (Fsp3) is 0.647. The van der Waals surface area contributed by atoms with Gasteiger partial charge in [0.05, 0.1) is 6.26 Å². The molecule has 2 aliphatic rings. The van der Waals surface area contributed by atoms with E-state index in [1.54, 1.807) is 17.0 Å². The van der Waals surface area contributed by atoms with Gasteiger partial charge in [-0.2, -0.15) is 0 Å². The number of carbonyl (C=O) groups excluding carboxylic acids is 2. The Morgan fingerprint density at radius 3 is 2.70 bits per heavy atom. The number of carbonyl (C=O) groups is 2. The van der Waals surface area contributed by atoms with Gasteiger partial charge in [0.15, 0.2) is 5.76 Å². The van der Waals surface area contributed by atoms with Crippen LogP contribution < -0.4 is 11.1 Å². The first-order valence-corrected chi connectivity index (χ1v) is 8.52. The van der Waals surface area contributed by atoms with Gasteiger partial charge in [0.2, 0.25) is 5.91 Å². The summed E-state index contributed by atoms with van der Waals surface area (Å²) >= 11 is 0. The first kappa shape index (κ1) is 16.1. The molecule has 0 bridgehead atoms. The van der Waals surface area contributed by atoms with E-state index in [0.717, 1.165) is 32.1 Å². The zero-order chi connectivity index (χ0) is 16.2. The number of nitrogens with zero attached hydrogens (tertiary/aromatic N) is 1. The highest BCUT2D eigenvalue weighted by Gasteiger charge is 2.33. The maximum absolute atomic E-state index is 12.4. The number of piperidine rings is 1. The normalized spacial score (nSPS) is 25.5. The van der Waals surface area contributed by atoms with Crippen LogP contribution in [0.3, 0.4) is 0 Å². The van der Waals surface area contributed by atoms with E-state index in [0.29, 0.717) is 31.3 Å². The third-order valence-electron chi connectivity index (χ3n) is 5.16. The van der Waals surface area contributed by atoms with Crippen molar-refractivity contribution in [2.75, 3.05) is 19.6 Å². The zero-order valence-electron chi connectivity index (χ0n) is 13.4. The van der Waals surface area contributed by atoms with E-state index >= 15 is 0 Å². The predicted molar refractivity (Wildman–Crippen MR) is 85.7 cm³/mol. The number of likely N-dealkylation sites (tertiary alicyclic amines) is 1. The van der Waals surface area contributed by atoms with Crippen LogP contribution in [0.15, 0.2) is 22.8 Å². The van der Waals surface area contributed by atoms with Crippen LogP contribution in [0.4, 0.5) is 0 Å². The van der Waals surface area contributed by atoms with Crippen LogP contribution in [-0.2, 0) is 4.79 Å². The predicted octanol–water partition coefficient (Wildman–Crippen LogP) is 1.38. The molecule has 2 atom stereocenters. The van der Waals surface area contributed by atoms with Crippen molar-refractivity contribution in [1.29, 1.82) is 0 Å². The van der Waals surface area contributed by atoms with Gasteiger partial charge in [-0.3, -0.25) is 9.59 Å². The molecule has 23 heavy (non-hydrogen) atoms. The number of rotatable bonds is 4. The Kier molecular flexibility index (Phi) is 5.00. The number of hydrogen-bond acceptors (Lipinski definition) is 4. The molecule has 2 fully saturated rings. The van der Waals surface area contributed by atoms with Crippen molar-refractivity contribution in [1.82, 2.24) is 10.2 Å². The van der Waals surface area contributed by atoms with Crippen molar-refractivity contribution < 1.29 is 14.0 Å². The summed E-state index contributed by atoms with van der Waals surface area (Å²) in [6.07, 6.45) is 6.19. The lowest BCUT2D eigenvalue weighted by Gasteiger charge is -2.32. The maximum Gasteiger partial charge on any atom is 0.289 e. The topological polar surface area (TPSA) is 88.6 Å². The molecule has 1 aliphatic carbocycles. The molecule has 3 rings (SSSR count). The fourth-order valence-electron chi connectivity index (χ4n) is 3.76. The lowest BCUT2D eigenvalue weighted by molar-refractivity contribution is -0.126. The number of amides is 2. The first-order valence-electron chi connectivity index (χ1n) is 8.52. The standard InChI is InChI=1S/C17H25N3O3/c18-11-12-3-1-4-14(12)16(21)19-13-6-8-20(9-7-13)17(22)15-5-2-10-23-15/h2,5,10,12-14H,1,3-4,6-9,11,18H2,(H,19,21)/t12-,14-/m1/s1.